The van der Waals surface area contributed by atoms with Gasteiger partial charge in [-0.15, -0.1) is 23.5 Å². The molecular weight excluding hydrogens is 384 g/mol. The summed E-state index contributed by atoms with van der Waals surface area (Å²) < 4.78 is 0.518. The molecule has 3 nitrogen and oxygen atoms in total. The summed E-state index contributed by atoms with van der Waals surface area (Å²) in [5.74, 6) is 2.46. The van der Waals surface area contributed by atoms with Gasteiger partial charge in [-0.05, 0) is 72.7 Å². The first kappa shape index (κ1) is 19.9. The van der Waals surface area contributed by atoms with Crippen molar-refractivity contribution in [3.8, 4) is 0 Å². The molecule has 2 aliphatic heterocycles. The zero-order chi connectivity index (χ0) is 19.2. The zero-order valence-electron chi connectivity index (χ0n) is 16.2. The van der Waals surface area contributed by atoms with Gasteiger partial charge in [-0.1, -0.05) is 36.4 Å². The molecule has 148 valence electrons. The quantitative estimate of drug-likeness (QED) is 0.717. The number of thioether (sulfide) groups is 2. The second-order valence-corrected chi connectivity index (χ2v) is 10.3. The maximum atomic E-state index is 12.5. The molecule has 2 fully saturated rings. The fourth-order valence-electron chi connectivity index (χ4n) is 3.72. The lowest BCUT2D eigenvalue weighted by Crippen LogP contribution is -2.23. The summed E-state index contributed by atoms with van der Waals surface area (Å²) >= 11 is 4.02. The van der Waals surface area contributed by atoms with Crippen molar-refractivity contribution in [2.45, 2.75) is 36.9 Å². The monoisotopic (exact) mass is 412 g/mol. The molecule has 0 aliphatic carbocycles. The van der Waals surface area contributed by atoms with E-state index in [-0.39, 0.29) is 5.91 Å². The number of hydrogen-bond acceptors (Lipinski definition) is 4. The van der Waals surface area contributed by atoms with Crippen molar-refractivity contribution in [2.75, 3.05) is 24.6 Å². The summed E-state index contributed by atoms with van der Waals surface area (Å²) in [5, 5.41) is 3.05. The number of carbonyl (C=O) groups is 1. The number of likely N-dealkylation sites (tertiary alicyclic amines) is 1. The fourth-order valence-corrected chi connectivity index (χ4v) is 6.61. The maximum Gasteiger partial charge on any atom is 0.251 e. The van der Waals surface area contributed by atoms with Gasteiger partial charge in [0.15, 0.2) is 0 Å². The molecule has 0 saturated carbocycles. The molecule has 2 aliphatic rings. The summed E-state index contributed by atoms with van der Waals surface area (Å²) in [6, 6.07) is 16.8. The number of amides is 1. The highest BCUT2D eigenvalue weighted by Crippen LogP contribution is 2.43. The largest absolute Gasteiger partial charge is 0.348 e. The van der Waals surface area contributed by atoms with Crippen LogP contribution in [0.2, 0.25) is 0 Å². The third-order valence-corrected chi connectivity index (χ3v) is 8.37. The molecule has 0 spiro atoms. The number of benzene rings is 2. The van der Waals surface area contributed by atoms with Gasteiger partial charge in [0.1, 0.15) is 0 Å². The summed E-state index contributed by atoms with van der Waals surface area (Å²) in [7, 11) is 0. The van der Waals surface area contributed by atoms with Crippen LogP contribution >= 0.6 is 23.5 Å². The molecule has 2 heterocycles. The van der Waals surface area contributed by atoms with E-state index in [0.717, 1.165) is 17.7 Å². The highest BCUT2D eigenvalue weighted by atomic mass is 32.2. The summed E-state index contributed by atoms with van der Waals surface area (Å²) in [5.41, 5.74) is 4.55. The molecule has 5 heteroatoms. The van der Waals surface area contributed by atoms with E-state index in [1.807, 2.05) is 35.7 Å². The lowest BCUT2D eigenvalue weighted by Gasteiger charge is -2.21. The number of rotatable bonds is 6. The van der Waals surface area contributed by atoms with Gasteiger partial charge >= 0.3 is 0 Å². The Labute approximate surface area is 176 Å². The molecule has 1 amide bonds. The normalized spacial score (nSPS) is 18.3. The average Bonchev–Trinajstić information content (AvgIpc) is 3.27. The predicted octanol–water partition coefficient (Wildman–Crippen LogP) is 5.08. The molecule has 0 radical (unpaired) electrons. The Morgan fingerprint density at radius 2 is 1.54 bits per heavy atom. The minimum absolute atomic E-state index is 0.00311. The van der Waals surface area contributed by atoms with Crippen molar-refractivity contribution in [1.82, 2.24) is 10.2 Å². The molecule has 1 N–H and O–H groups in total. The fraction of sp³-hybridized carbons (Fsp3) is 0.435. The Morgan fingerprint density at radius 1 is 0.893 bits per heavy atom. The van der Waals surface area contributed by atoms with Gasteiger partial charge in [0.05, 0.1) is 4.58 Å². The van der Waals surface area contributed by atoms with Gasteiger partial charge in [0, 0.05) is 18.7 Å². The first-order chi connectivity index (χ1) is 13.8. The van der Waals surface area contributed by atoms with Gasteiger partial charge in [0.25, 0.3) is 5.91 Å². The van der Waals surface area contributed by atoms with Crippen LogP contribution in [0.5, 0.6) is 0 Å². The summed E-state index contributed by atoms with van der Waals surface area (Å²) in [6.45, 7) is 4.04. The van der Waals surface area contributed by atoms with Crippen LogP contribution in [0, 0.1) is 0 Å². The molecule has 0 bridgehead atoms. The number of nitrogens with zero attached hydrogens (tertiary/aromatic N) is 1. The summed E-state index contributed by atoms with van der Waals surface area (Å²) in [6.07, 6.45) is 3.94. The lowest BCUT2D eigenvalue weighted by molar-refractivity contribution is 0.0951. The van der Waals surface area contributed by atoms with E-state index in [0.29, 0.717) is 11.1 Å². The Hall–Kier alpha value is -1.43. The molecule has 4 rings (SSSR count). The van der Waals surface area contributed by atoms with E-state index in [9.17, 15) is 4.79 Å². The van der Waals surface area contributed by atoms with Crippen LogP contribution in [0.25, 0.3) is 0 Å². The highest BCUT2D eigenvalue weighted by Gasteiger charge is 2.17. The third kappa shape index (κ3) is 5.34. The van der Waals surface area contributed by atoms with Gasteiger partial charge in [-0.3, -0.25) is 9.69 Å². The Kier molecular flexibility index (Phi) is 7.00. The molecule has 0 aromatic heterocycles. The van der Waals surface area contributed by atoms with Crippen LogP contribution in [0.4, 0.5) is 0 Å². The van der Waals surface area contributed by atoms with E-state index >= 15 is 0 Å². The molecule has 2 saturated heterocycles. The van der Waals surface area contributed by atoms with Crippen molar-refractivity contribution < 1.29 is 4.79 Å². The molecule has 0 atom stereocenters. The Bertz CT molecular complexity index is 764. The second kappa shape index (κ2) is 9.86. The number of carbonyl (C=O) groups excluding carboxylic acids is 1. The van der Waals surface area contributed by atoms with Crippen LogP contribution in [0.1, 0.15) is 50.9 Å². The van der Waals surface area contributed by atoms with E-state index in [1.54, 1.807) is 0 Å². The van der Waals surface area contributed by atoms with Crippen LogP contribution in [-0.4, -0.2) is 35.4 Å². The van der Waals surface area contributed by atoms with Gasteiger partial charge in [-0.25, -0.2) is 0 Å². The molecule has 28 heavy (non-hydrogen) atoms. The zero-order valence-corrected chi connectivity index (χ0v) is 17.9. The molecule has 2 aromatic carbocycles. The topological polar surface area (TPSA) is 32.3 Å². The van der Waals surface area contributed by atoms with Crippen molar-refractivity contribution in [3.05, 3.63) is 70.8 Å². The first-order valence-electron chi connectivity index (χ1n) is 10.2. The summed E-state index contributed by atoms with van der Waals surface area (Å²) in [4.78, 5) is 15.0. The van der Waals surface area contributed by atoms with Crippen molar-refractivity contribution in [3.63, 3.8) is 0 Å². The first-order valence-corrected chi connectivity index (χ1v) is 12.3. The van der Waals surface area contributed by atoms with Crippen LogP contribution in [0.3, 0.4) is 0 Å². The van der Waals surface area contributed by atoms with Crippen molar-refractivity contribution in [2.24, 2.45) is 0 Å². The van der Waals surface area contributed by atoms with Gasteiger partial charge in [-0.2, -0.15) is 0 Å². The van der Waals surface area contributed by atoms with E-state index in [4.69, 9.17) is 0 Å². The molecular formula is C23H28N2OS2. The van der Waals surface area contributed by atoms with Crippen molar-refractivity contribution >= 4 is 29.4 Å². The van der Waals surface area contributed by atoms with E-state index in [2.05, 4.69) is 46.6 Å². The third-order valence-electron chi connectivity index (χ3n) is 5.35. The van der Waals surface area contributed by atoms with E-state index < -0.39 is 0 Å². The molecule has 0 unspecified atom stereocenters. The Morgan fingerprint density at radius 3 is 2.21 bits per heavy atom. The molecule has 2 aromatic rings. The Balaban J connectivity index is 1.27. The predicted molar refractivity (Wildman–Crippen MR) is 121 cm³/mol. The second-order valence-electron chi connectivity index (χ2n) is 7.53. The van der Waals surface area contributed by atoms with Crippen LogP contribution in [-0.2, 0) is 13.1 Å². The minimum atomic E-state index is -0.00311. The smallest absolute Gasteiger partial charge is 0.251 e. The van der Waals surface area contributed by atoms with Crippen LogP contribution in [0.15, 0.2) is 48.5 Å². The minimum Gasteiger partial charge on any atom is -0.348 e. The SMILES string of the molecule is O=C(NCc1ccc(CN2CCCC2)cc1)c1ccc(C2SCCCS2)cc1. The standard InChI is InChI=1S/C23H28N2OS2/c26-22(20-8-10-21(11-9-20)23-27-14-3-15-28-23)24-16-18-4-6-19(7-5-18)17-25-12-1-2-13-25/h4-11,23H,1-3,12-17H2,(H,24,26). The highest BCUT2D eigenvalue weighted by molar-refractivity contribution is 8.16. The van der Waals surface area contributed by atoms with Gasteiger partial charge < -0.3 is 5.32 Å². The number of nitrogens with one attached hydrogen (secondary N) is 1. The lowest BCUT2D eigenvalue weighted by atomic mass is 10.1. The van der Waals surface area contributed by atoms with E-state index in [1.165, 1.54) is 55.0 Å². The average molecular weight is 413 g/mol. The van der Waals surface area contributed by atoms with Crippen molar-refractivity contribution in [1.29, 1.82) is 0 Å². The van der Waals surface area contributed by atoms with Gasteiger partial charge in [0.2, 0.25) is 0 Å². The van der Waals surface area contributed by atoms with Crippen LogP contribution < -0.4 is 5.32 Å². The number of hydrogen-bond donors (Lipinski definition) is 1. The maximum absolute atomic E-state index is 12.5.